The van der Waals surface area contributed by atoms with E-state index in [1.54, 1.807) is 7.11 Å². The maximum atomic E-state index is 6.32. The van der Waals surface area contributed by atoms with E-state index < -0.39 is 0 Å². The summed E-state index contributed by atoms with van der Waals surface area (Å²) in [6.45, 7) is 4.29. The van der Waals surface area contributed by atoms with E-state index in [2.05, 4.69) is 41.7 Å². The first-order chi connectivity index (χ1) is 17.2. The minimum atomic E-state index is 0. The highest BCUT2D eigenvalue weighted by atomic mass is 79.9. The molecule has 36 heavy (non-hydrogen) atoms. The molecule has 2 unspecified atom stereocenters. The van der Waals surface area contributed by atoms with Crippen LogP contribution in [0.5, 0.6) is 11.5 Å². The highest BCUT2D eigenvalue weighted by Crippen LogP contribution is 2.31. The van der Waals surface area contributed by atoms with Gasteiger partial charge in [-0.05, 0) is 53.9 Å². The Balaban J connectivity index is 0.00000361. The quantitative estimate of drug-likeness (QED) is 0.247. The van der Waals surface area contributed by atoms with Crippen LogP contribution in [0.1, 0.15) is 35.4 Å². The number of rotatable bonds is 12. The number of halogens is 2. The molecule has 1 aliphatic rings. The summed E-state index contributed by atoms with van der Waals surface area (Å²) in [5.74, 6) is 1.90. The minimum absolute atomic E-state index is 0. The van der Waals surface area contributed by atoms with E-state index in [1.807, 2.05) is 36.4 Å². The van der Waals surface area contributed by atoms with Gasteiger partial charge in [-0.25, -0.2) is 0 Å². The zero-order valence-corrected chi connectivity index (χ0v) is 23.1. The molecule has 1 N–H and O–H groups in total. The van der Waals surface area contributed by atoms with Crippen LogP contribution < -0.4 is 14.8 Å². The van der Waals surface area contributed by atoms with Crippen LogP contribution in [-0.2, 0) is 22.7 Å². The second-order valence-electron chi connectivity index (χ2n) is 8.73. The van der Waals surface area contributed by atoms with Crippen LogP contribution in [0.25, 0.3) is 0 Å². The van der Waals surface area contributed by atoms with Crippen LogP contribution in [-0.4, -0.2) is 39.5 Å². The van der Waals surface area contributed by atoms with Crippen molar-refractivity contribution < 1.29 is 18.9 Å². The van der Waals surface area contributed by atoms with E-state index in [4.69, 9.17) is 30.5 Å². The van der Waals surface area contributed by atoms with Crippen molar-refractivity contribution >= 4 is 28.6 Å². The number of benzene rings is 3. The Morgan fingerprint density at radius 1 is 0.917 bits per heavy atom. The van der Waals surface area contributed by atoms with Crippen LogP contribution >= 0.6 is 28.6 Å². The molecular formula is C29H35BrClNO4. The molecular weight excluding hydrogens is 542 g/mol. The summed E-state index contributed by atoms with van der Waals surface area (Å²) in [5.41, 5.74) is 3.51. The van der Waals surface area contributed by atoms with Gasteiger partial charge < -0.3 is 24.3 Å². The third kappa shape index (κ3) is 8.49. The molecule has 7 heteroatoms. The van der Waals surface area contributed by atoms with E-state index >= 15 is 0 Å². The fraction of sp³-hybridized carbons (Fsp3) is 0.379. The lowest BCUT2D eigenvalue weighted by atomic mass is 9.87. The summed E-state index contributed by atoms with van der Waals surface area (Å²) in [4.78, 5) is 0. The van der Waals surface area contributed by atoms with Crippen LogP contribution in [0.15, 0.2) is 72.8 Å². The molecule has 4 rings (SSSR count). The maximum absolute atomic E-state index is 6.32. The smallest absolute Gasteiger partial charge is 0.137 e. The molecule has 0 aliphatic carbocycles. The first-order valence-corrected chi connectivity index (χ1v) is 12.6. The van der Waals surface area contributed by atoms with Gasteiger partial charge in [0.15, 0.2) is 0 Å². The van der Waals surface area contributed by atoms with Crippen molar-refractivity contribution in [3.05, 3.63) is 94.5 Å². The van der Waals surface area contributed by atoms with Gasteiger partial charge in [0.25, 0.3) is 0 Å². The molecule has 5 nitrogen and oxygen atoms in total. The Bertz CT molecular complexity index is 1040. The molecule has 1 saturated heterocycles. The summed E-state index contributed by atoms with van der Waals surface area (Å²) in [6, 6.07) is 24.4. The lowest BCUT2D eigenvalue weighted by Crippen LogP contribution is -2.40. The molecule has 0 bridgehead atoms. The van der Waals surface area contributed by atoms with Crippen molar-refractivity contribution in [2.45, 2.75) is 38.1 Å². The van der Waals surface area contributed by atoms with Crippen molar-refractivity contribution in [3.63, 3.8) is 0 Å². The fourth-order valence-corrected chi connectivity index (χ4v) is 4.60. The zero-order chi connectivity index (χ0) is 24.3. The molecule has 194 valence electrons. The van der Waals surface area contributed by atoms with Gasteiger partial charge in [0.1, 0.15) is 11.5 Å². The Kier molecular flexibility index (Phi) is 12.0. The maximum Gasteiger partial charge on any atom is 0.137 e. The van der Waals surface area contributed by atoms with Crippen molar-refractivity contribution in [2.24, 2.45) is 0 Å². The average molecular weight is 577 g/mol. The third-order valence-corrected chi connectivity index (χ3v) is 6.52. The monoisotopic (exact) mass is 575 g/mol. The van der Waals surface area contributed by atoms with Gasteiger partial charge in [-0.3, -0.25) is 0 Å². The third-order valence-electron chi connectivity index (χ3n) is 6.23. The number of hydrogen-bond acceptors (Lipinski definition) is 5. The summed E-state index contributed by atoms with van der Waals surface area (Å²) in [7, 11) is 1.62. The molecule has 0 spiro atoms. The number of methoxy groups -OCH3 is 1. The largest absolute Gasteiger partial charge is 0.495 e. The van der Waals surface area contributed by atoms with Crippen LogP contribution in [0, 0.1) is 0 Å². The molecule has 1 fully saturated rings. The first kappa shape index (κ1) is 28.5. The topological polar surface area (TPSA) is 49.0 Å². The normalized spacial score (nSPS) is 17.3. The molecule has 2 atom stereocenters. The number of ether oxygens (including phenoxy) is 4. The predicted molar refractivity (Wildman–Crippen MR) is 150 cm³/mol. The molecule has 3 aromatic rings. The van der Waals surface area contributed by atoms with Gasteiger partial charge >= 0.3 is 0 Å². The van der Waals surface area contributed by atoms with E-state index in [-0.39, 0.29) is 23.1 Å². The van der Waals surface area contributed by atoms with Crippen LogP contribution in [0.2, 0.25) is 5.02 Å². The first-order valence-electron chi connectivity index (χ1n) is 12.2. The van der Waals surface area contributed by atoms with E-state index in [9.17, 15) is 0 Å². The number of hydrogen-bond donors (Lipinski definition) is 1. The molecule has 0 radical (unpaired) electrons. The van der Waals surface area contributed by atoms with Gasteiger partial charge in [0, 0.05) is 18.9 Å². The summed E-state index contributed by atoms with van der Waals surface area (Å²) >= 11 is 6.27. The molecule has 0 saturated carbocycles. The average Bonchev–Trinajstić information content (AvgIpc) is 2.91. The lowest BCUT2D eigenvalue weighted by molar-refractivity contribution is 0.0106. The molecule has 0 aromatic heterocycles. The molecule has 0 amide bonds. The van der Waals surface area contributed by atoms with Crippen molar-refractivity contribution in [2.75, 3.05) is 33.4 Å². The zero-order valence-electron chi connectivity index (χ0n) is 20.7. The summed E-state index contributed by atoms with van der Waals surface area (Å²) in [5, 5.41) is 4.06. The Morgan fingerprint density at radius 3 is 2.47 bits per heavy atom. The van der Waals surface area contributed by atoms with E-state index in [0.29, 0.717) is 43.1 Å². The van der Waals surface area contributed by atoms with Gasteiger partial charge in [0.2, 0.25) is 0 Å². The highest BCUT2D eigenvalue weighted by molar-refractivity contribution is 8.93. The molecule has 3 aromatic carbocycles. The minimum Gasteiger partial charge on any atom is -0.495 e. The van der Waals surface area contributed by atoms with Crippen LogP contribution in [0.3, 0.4) is 0 Å². The summed E-state index contributed by atoms with van der Waals surface area (Å²) in [6.07, 6.45) is 1.99. The SMILES string of the molecule is Br.COc1ccc(COC2CNCCC2c2ccc(OCCCOCc3ccccc3)cc2)cc1Cl. The second kappa shape index (κ2) is 15.2. The van der Waals surface area contributed by atoms with Gasteiger partial charge in [-0.1, -0.05) is 60.1 Å². The van der Waals surface area contributed by atoms with E-state index in [0.717, 1.165) is 37.2 Å². The van der Waals surface area contributed by atoms with Gasteiger partial charge in [-0.15, -0.1) is 17.0 Å². The summed E-state index contributed by atoms with van der Waals surface area (Å²) < 4.78 is 23.2. The Hall–Kier alpha value is -2.09. The molecule has 1 heterocycles. The van der Waals surface area contributed by atoms with Gasteiger partial charge in [0.05, 0.1) is 44.7 Å². The predicted octanol–water partition coefficient (Wildman–Crippen LogP) is 6.57. The standard InChI is InChI=1S/C29H34ClNO4.BrH/c1-32-28-13-8-23(18-27(28)30)21-35-29-19-31-15-14-26(29)24-9-11-25(12-10-24)34-17-5-16-33-20-22-6-3-2-4-7-22;/h2-4,6-13,18,26,29,31H,5,14-17,19-21H2,1H3;1H. The second-order valence-corrected chi connectivity index (χ2v) is 9.13. The fourth-order valence-electron chi connectivity index (χ4n) is 4.32. The Labute approximate surface area is 229 Å². The number of piperidine rings is 1. The number of nitrogens with one attached hydrogen (secondary N) is 1. The van der Waals surface area contributed by atoms with Crippen molar-refractivity contribution in [1.29, 1.82) is 0 Å². The van der Waals surface area contributed by atoms with Crippen molar-refractivity contribution in [3.8, 4) is 11.5 Å². The lowest BCUT2D eigenvalue weighted by Gasteiger charge is -2.32. The van der Waals surface area contributed by atoms with Gasteiger partial charge in [-0.2, -0.15) is 0 Å². The van der Waals surface area contributed by atoms with E-state index in [1.165, 1.54) is 11.1 Å². The highest BCUT2D eigenvalue weighted by Gasteiger charge is 2.27. The van der Waals surface area contributed by atoms with Crippen molar-refractivity contribution in [1.82, 2.24) is 5.32 Å². The van der Waals surface area contributed by atoms with Crippen LogP contribution in [0.4, 0.5) is 0 Å². The Morgan fingerprint density at radius 2 is 1.72 bits per heavy atom. The molecule has 1 aliphatic heterocycles.